The minimum Gasteiger partial charge on any atom is -0.468 e. The Hall–Kier alpha value is -0.610. The highest BCUT2D eigenvalue weighted by Crippen LogP contribution is 2.12. The van der Waals surface area contributed by atoms with Crippen LogP contribution in [0.2, 0.25) is 0 Å². The molecule has 0 aromatic heterocycles. The molecule has 2 atom stereocenters. The van der Waals surface area contributed by atoms with Gasteiger partial charge in [0.05, 0.1) is 7.11 Å². The number of likely N-dealkylation sites (N-methyl/N-ethyl adjacent to an activating group) is 1. The number of carbonyl (C=O) groups excluding carboxylic acids is 1. The van der Waals surface area contributed by atoms with Crippen molar-refractivity contribution in [2.75, 3.05) is 27.2 Å². The molecule has 0 amide bonds. The Morgan fingerprint density at radius 1 is 1.47 bits per heavy atom. The molecule has 102 valence electrons. The predicted octanol–water partition coefficient (Wildman–Crippen LogP) is 1.65. The molecule has 0 aromatic rings. The van der Waals surface area contributed by atoms with Crippen molar-refractivity contribution in [3.63, 3.8) is 0 Å². The summed E-state index contributed by atoms with van der Waals surface area (Å²) >= 11 is 0. The second-order valence-electron chi connectivity index (χ2n) is 4.92. The summed E-state index contributed by atoms with van der Waals surface area (Å²) in [5, 5.41) is 3.29. The molecule has 0 spiro atoms. The van der Waals surface area contributed by atoms with E-state index in [1.165, 1.54) is 7.11 Å². The van der Waals surface area contributed by atoms with Gasteiger partial charge in [0.25, 0.3) is 0 Å². The molecular weight excluding hydrogens is 216 g/mol. The van der Waals surface area contributed by atoms with E-state index >= 15 is 0 Å². The van der Waals surface area contributed by atoms with Crippen LogP contribution in [-0.2, 0) is 9.53 Å². The highest BCUT2D eigenvalue weighted by Gasteiger charge is 2.35. The maximum atomic E-state index is 11.9. The van der Waals surface area contributed by atoms with Gasteiger partial charge in [0.15, 0.2) is 0 Å². The Morgan fingerprint density at radius 3 is 2.47 bits per heavy atom. The van der Waals surface area contributed by atoms with E-state index in [1.807, 2.05) is 14.0 Å². The zero-order valence-corrected chi connectivity index (χ0v) is 12.2. The van der Waals surface area contributed by atoms with Crippen molar-refractivity contribution in [2.45, 2.75) is 52.1 Å². The Bertz CT molecular complexity index is 233. The highest BCUT2D eigenvalue weighted by molar-refractivity contribution is 5.80. The van der Waals surface area contributed by atoms with Gasteiger partial charge in [-0.05, 0) is 40.3 Å². The van der Waals surface area contributed by atoms with Crippen LogP contribution in [0.3, 0.4) is 0 Å². The summed E-state index contributed by atoms with van der Waals surface area (Å²) in [6.07, 6.45) is 2.07. The third-order valence-electron chi connectivity index (χ3n) is 3.31. The summed E-state index contributed by atoms with van der Waals surface area (Å²) < 4.78 is 4.90. The molecule has 4 heteroatoms. The molecule has 0 heterocycles. The number of carbonyl (C=O) groups is 1. The van der Waals surface area contributed by atoms with Gasteiger partial charge in [-0.3, -0.25) is 4.79 Å². The van der Waals surface area contributed by atoms with Gasteiger partial charge < -0.3 is 15.0 Å². The number of hydrogen-bond donors (Lipinski definition) is 1. The molecule has 0 aromatic carbocycles. The van der Waals surface area contributed by atoms with Crippen molar-refractivity contribution in [2.24, 2.45) is 0 Å². The summed E-state index contributed by atoms with van der Waals surface area (Å²) in [7, 11) is 3.49. The zero-order chi connectivity index (χ0) is 13.5. The molecule has 4 nitrogen and oxygen atoms in total. The van der Waals surface area contributed by atoms with E-state index in [0.29, 0.717) is 12.6 Å². The Morgan fingerprint density at radius 2 is 2.06 bits per heavy atom. The number of nitrogens with zero attached hydrogens (tertiary/aromatic N) is 1. The average molecular weight is 244 g/mol. The van der Waals surface area contributed by atoms with Crippen LogP contribution in [0.5, 0.6) is 0 Å². The standard InChI is InChI=1S/C13H28N2O2/c1-7-9-14-13(4,12(16)17-6)10-15(5)11(3)8-2/h11,14H,7-10H2,1-6H3. The number of rotatable bonds is 8. The number of methoxy groups -OCH3 is 1. The van der Waals surface area contributed by atoms with E-state index in [0.717, 1.165) is 19.4 Å². The predicted molar refractivity (Wildman–Crippen MR) is 71.1 cm³/mol. The zero-order valence-electron chi connectivity index (χ0n) is 12.2. The Balaban J connectivity index is 4.63. The van der Waals surface area contributed by atoms with Crippen LogP contribution in [0.25, 0.3) is 0 Å². The fourth-order valence-corrected chi connectivity index (χ4v) is 1.79. The second-order valence-corrected chi connectivity index (χ2v) is 4.92. The molecule has 2 unspecified atom stereocenters. The van der Waals surface area contributed by atoms with Crippen molar-refractivity contribution < 1.29 is 9.53 Å². The largest absolute Gasteiger partial charge is 0.468 e. The molecule has 0 fully saturated rings. The van der Waals surface area contributed by atoms with Crippen molar-refractivity contribution in [3.05, 3.63) is 0 Å². The van der Waals surface area contributed by atoms with Gasteiger partial charge in [0.1, 0.15) is 5.54 Å². The lowest BCUT2D eigenvalue weighted by Crippen LogP contribution is -2.58. The molecule has 17 heavy (non-hydrogen) atoms. The third kappa shape index (κ3) is 5.04. The second kappa shape index (κ2) is 7.67. The van der Waals surface area contributed by atoms with Crippen LogP contribution >= 0.6 is 0 Å². The quantitative estimate of drug-likeness (QED) is 0.659. The summed E-state index contributed by atoms with van der Waals surface area (Å²) in [6, 6.07) is 0.461. The van der Waals surface area contributed by atoms with Gasteiger partial charge >= 0.3 is 5.97 Å². The maximum absolute atomic E-state index is 11.9. The number of ether oxygens (including phenoxy) is 1. The van der Waals surface area contributed by atoms with Crippen molar-refractivity contribution in [1.82, 2.24) is 10.2 Å². The SMILES string of the molecule is CCCNC(C)(CN(C)C(C)CC)C(=O)OC. The summed E-state index contributed by atoms with van der Waals surface area (Å²) in [5.74, 6) is -0.193. The average Bonchev–Trinajstić information content (AvgIpc) is 2.33. The molecule has 0 aliphatic carbocycles. The number of hydrogen-bond acceptors (Lipinski definition) is 4. The van der Waals surface area contributed by atoms with Gasteiger partial charge in [0, 0.05) is 12.6 Å². The van der Waals surface area contributed by atoms with Crippen LogP contribution in [0, 0.1) is 0 Å². The van der Waals surface area contributed by atoms with E-state index in [-0.39, 0.29) is 5.97 Å². The first-order chi connectivity index (χ1) is 7.91. The minimum absolute atomic E-state index is 0.193. The van der Waals surface area contributed by atoms with E-state index in [9.17, 15) is 4.79 Å². The van der Waals surface area contributed by atoms with Crippen molar-refractivity contribution >= 4 is 5.97 Å². The summed E-state index contributed by atoms with van der Waals surface area (Å²) in [4.78, 5) is 14.1. The summed E-state index contributed by atoms with van der Waals surface area (Å²) in [5.41, 5.74) is -0.622. The smallest absolute Gasteiger partial charge is 0.327 e. The monoisotopic (exact) mass is 244 g/mol. The lowest BCUT2D eigenvalue weighted by Gasteiger charge is -2.34. The van der Waals surface area contributed by atoms with Crippen LogP contribution in [0.15, 0.2) is 0 Å². The fraction of sp³-hybridized carbons (Fsp3) is 0.923. The maximum Gasteiger partial charge on any atom is 0.327 e. The Kier molecular flexibility index (Phi) is 7.39. The molecule has 0 saturated heterocycles. The molecule has 0 rings (SSSR count). The molecule has 0 bridgehead atoms. The topological polar surface area (TPSA) is 41.6 Å². The highest BCUT2D eigenvalue weighted by atomic mass is 16.5. The molecule has 0 aliphatic heterocycles. The fourth-order valence-electron chi connectivity index (χ4n) is 1.79. The molecule has 0 radical (unpaired) electrons. The molecule has 0 aliphatic rings. The van der Waals surface area contributed by atoms with Crippen molar-refractivity contribution in [1.29, 1.82) is 0 Å². The van der Waals surface area contributed by atoms with E-state index in [1.54, 1.807) is 0 Å². The lowest BCUT2D eigenvalue weighted by molar-refractivity contribution is -0.148. The van der Waals surface area contributed by atoms with Gasteiger partial charge in [-0.15, -0.1) is 0 Å². The minimum atomic E-state index is -0.622. The van der Waals surface area contributed by atoms with Crippen LogP contribution < -0.4 is 5.32 Å². The first kappa shape index (κ1) is 16.4. The molecular formula is C13H28N2O2. The first-order valence-electron chi connectivity index (χ1n) is 6.45. The Labute approximate surface area is 106 Å². The van der Waals surface area contributed by atoms with Gasteiger partial charge in [-0.1, -0.05) is 13.8 Å². The van der Waals surface area contributed by atoms with Gasteiger partial charge in [-0.2, -0.15) is 0 Å². The normalized spacial score (nSPS) is 16.6. The van der Waals surface area contributed by atoms with E-state index < -0.39 is 5.54 Å². The molecule has 0 saturated carbocycles. The lowest BCUT2D eigenvalue weighted by atomic mass is 10.0. The first-order valence-corrected chi connectivity index (χ1v) is 6.45. The number of nitrogens with one attached hydrogen (secondary N) is 1. The third-order valence-corrected chi connectivity index (χ3v) is 3.31. The summed E-state index contributed by atoms with van der Waals surface area (Å²) in [6.45, 7) is 9.79. The number of esters is 1. The van der Waals surface area contributed by atoms with E-state index in [4.69, 9.17) is 4.74 Å². The van der Waals surface area contributed by atoms with Crippen LogP contribution in [0.4, 0.5) is 0 Å². The molecule has 1 N–H and O–H groups in total. The van der Waals surface area contributed by atoms with Crippen molar-refractivity contribution in [3.8, 4) is 0 Å². The van der Waals surface area contributed by atoms with Gasteiger partial charge in [-0.25, -0.2) is 0 Å². The van der Waals surface area contributed by atoms with E-state index in [2.05, 4.69) is 31.0 Å². The van der Waals surface area contributed by atoms with Gasteiger partial charge in [0.2, 0.25) is 0 Å². The van der Waals surface area contributed by atoms with Crippen LogP contribution in [0.1, 0.15) is 40.5 Å². The van der Waals surface area contributed by atoms with Crippen LogP contribution in [-0.4, -0.2) is 49.7 Å².